The van der Waals surface area contributed by atoms with Gasteiger partial charge in [0, 0.05) is 17.2 Å². The normalized spacial score (nSPS) is 32.0. The number of carbonyl (C=O) groups excluding carboxylic acids is 2. The van der Waals surface area contributed by atoms with Crippen LogP contribution in [-0.2, 0) is 9.47 Å². The fourth-order valence-corrected chi connectivity index (χ4v) is 4.65. The quantitative estimate of drug-likeness (QED) is 0.0921. The standard InChI is InChI=1S/C28H34O16/c1-39-13-5-12(6-14(8-13)41-27-25(37)23(35)21(33)17(9-29)43-27)20(32)19(31)11-3-4-15(40-2)16(7-11)42-28-26(38)24(36)22(34)18(10-30)44-28/h3-8,17-18,21-30,33-38H,9-10H2,1-2H3/t17-,18-,21-,22-,23+,24+,25-,26-,27-,28-/m1/s1. The van der Waals surface area contributed by atoms with E-state index >= 15 is 0 Å². The molecule has 0 bridgehead atoms. The van der Waals surface area contributed by atoms with Crippen molar-refractivity contribution >= 4 is 11.6 Å². The molecule has 16 nitrogen and oxygen atoms in total. The molecule has 2 aromatic rings. The summed E-state index contributed by atoms with van der Waals surface area (Å²) >= 11 is 0. The molecule has 10 atom stereocenters. The van der Waals surface area contributed by atoms with Gasteiger partial charge >= 0.3 is 0 Å². The zero-order valence-electron chi connectivity index (χ0n) is 23.5. The van der Waals surface area contributed by atoms with Crippen molar-refractivity contribution in [2.75, 3.05) is 27.4 Å². The molecule has 8 N–H and O–H groups in total. The highest BCUT2D eigenvalue weighted by molar-refractivity contribution is 6.49. The van der Waals surface area contributed by atoms with Gasteiger partial charge in [0.25, 0.3) is 0 Å². The number of hydrogen-bond acceptors (Lipinski definition) is 16. The van der Waals surface area contributed by atoms with Crippen molar-refractivity contribution in [1.82, 2.24) is 0 Å². The zero-order valence-corrected chi connectivity index (χ0v) is 23.5. The number of carbonyl (C=O) groups is 2. The maximum atomic E-state index is 13.3. The molecule has 2 saturated heterocycles. The second-order valence-corrected chi connectivity index (χ2v) is 10.1. The summed E-state index contributed by atoms with van der Waals surface area (Å²) in [5, 5.41) is 79.6. The molecule has 0 aliphatic carbocycles. The molecule has 0 radical (unpaired) electrons. The molecule has 16 heteroatoms. The molecule has 0 saturated carbocycles. The smallest absolute Gasteiger partial charge is 0.233 e. The number of benzene rings is 2. The van der Waals surface area contributed by atoms with E-state index in [0.717, 1.165) is 12.1 Å². The highest BCUT2D eigenvalue weighted by atomic mass is 16.7. The number of ether oxygens (including phenoxy) is 6. The van der Waals surface area contributed by atoms with Crippen molar-refractivity contribution in [1.29, 1.82) is 0 Å². The Morgan fingerprint density at radius 3 is 1.66 bits per heavy atom. The summed E-state index contributed by atoms with van der Waals surface area (Å²) < 4.78 is 32.3. The summed E-state index contributed by atoms with van der Waals surface area (Å²) in [5.41, 5.74) is -0.393. The lowest BCUT2D eigenvalue weighted by atomic mass is 9.99. The predicted molar refractivity (Wildman–Crippen MR) is 143 cm³/mol. The number of methoxy groups -OCH3 is 2. The highest BCUT2D eigenvalue weighted by Crippen LogP contribution is 2.33. The topological polar surface area (TPSA) is 251 Å². The molecular formula is C28H34O16. The fraction of sp³-hybridized carbons (Fsp3) is 0.500. The Bertz CT molecular complexity index is 1310. The minimum Gasteiger partial charge on any atom is -0.497 e. The Kier molecular flexibility index (Phi) is 10.7. The Morgan fingerprint density at radius 1 is 0.614 bits per heavy atom. The predicted octanol–water partition coefficient (Wildman–Crippen LogP) is -2.87. The molecule has 2 heterocycles. The Hall–Kier alpha value is -3.42. The molecule has 2 fully saturated rings. The summed E-state index contributed by atoms with van der Waals surface area (Å²) in [6, 6.07) is 7.41. The van der Waals surface area contributed by atoms with Crippen LogP contribution in [0.3, 0.4) is 0 Å². The molecule has 242 valence electrons. The van der Waals surface area contributed by atoms with Crippen LogP contribution in [-0.4, -0.2) is 141 Å². The van der Waals surface area contributed by atoms with E-state index in [-0.39, 0.29) is 34.1 Å². The van der Waals surface area contributed by atoms with Crippen LogP contribution in [0, 0.1) is 0 Å². The highest BCUT2D eigenvalue weighted by Gasteiger charge is 2.46. The zero-order chi connectivity index (χ0) is 32.3. The largest absolute Gasteiger partial charge is 0.497 e. The van der Waals surface area contributed by atoms with Gasteiger partial charge in [-0.3, -0.25) is 9.59 Å². The third-order valence-corrected chi connectivity index (χ3v) is 7.20. The lowest BCUT2D eigenvalue weighted by molar-refractivity contribution is -0.277. The first-order valence-electron chi connectivity index (χ1n) is 13.3. The third kappa shape index (κ3) is 6.79. The SMILES string of the molecule is COc1cc(O[C@@H]2O[C@H](CO)[C@@H](O)[C@H](O)[C@H]2O)cc(C(=O)C(=O)c2ccc(OC)c(O[C@@H]3O[C@H](CO)[C@@H](O)[C@H](O)[C@H]3O)c2)c1. The van der Waals surface area contributed by atoms with Gasteiger partial charge in [0.05, 0.1) is 27.4 Å². The molecule has 44 heavy (non-hydrogen) atoms. The van der Waals surface area contributed by atoms with Crippen LogP contribution in [0.2, 0.25) is 0 Å². The van der Waals surface area contributed by atoms with Gasteiger partial charge in [-0.1, -0.05) is 0 Å². The Morgan fingerprint density at radius 2 is 1.14 bits per heavy atom. The summed E-state index contributed by atoms with van der Waals surface area (Å²) in [6.07, 6.45) is -15.8. The van der Waals surface area contributed by atoms with E-state index in [1.807, 2.05) is 0 Å². The number of rotatable bonds is 11. The minimum absolute atomic E-state index is 0.0579. The van der Waals surface area contributed by atoms with Crippen LogP contribution < -0.4 is 18.9 Å². The average Bonchev–Trinajstić information content (AvgIpc) is 3.04. The number of aliphatic hydroxyl groups excluding tert-OH is 8. The van der Waals surface area contributed by atoms with Gasteiger partial charge in [-0.15, -0.1) is 0 Å². The summed E-state index contributed by atoms with van der Waals surface area (Å²) in [6.45, 7) is -1.39. The van der Waals surface area contributed by atoms with Crippen LogP contribution in [0.4, 0.5) is 0 Å². The number of ketones is 2. The van der Waals surface area contributed by atoms with Gasteiger partial charge < -0.3 is 69.3 Å². The second-order valence-electron chi connectivity index (χ2n) is 10.1. The van der Waals surface area contributed by atoms with E-state index in [1.54, 1.807) is 0 Å². The van der Waals surface area contributed by atoms with Crippen LogP contribution >= 0.6 is 0 Å². The minimum atomic E-state index is -1.75. The molecule has 0 unspecified atom stereocenters. The van der Waals surface area contributed by atoms with Crippen molar-refractivity contribution in [3.8, 4) is 23.0 Å². The maximum absolute atomic E-state index is 13.3. The average molecular weight is 627 g/mol. The van der Waals surface area contributed by atoms with Gasteiger partial charge in [0.15, 0.2) is 11.5 Å². The number of Topliss-reactive ketones (excluding diaryl/α,β-unsaturated/α-hetero) is 2. The maximum Gasteiger partial charge on any atom is 0.233 e. The molecule has 4 rings (SSSR count). The Labute approximate surface area is 250 Å². The van der Waals surface area contributed by atoms with Gasteiger partial charge in [0.2, 0.25) is 24.1 Å². The van der Waals surface area contributed by atoms with Gasteiger partial charge in [0.1, 0.15) is 60.3 Å². The summed E-state index contributed by atoms with van der Waals surface area (Å²) in [5.74, 6) is -2.23. The van der Waals surface area contributed by atoms with E-state index in [2.05, 4.69) is 0 Å². The van der Waals surface area contributed by atoms with E-state index in [1.165, 1.54) is 38.5 Å². The lowest BCUT2D eigenvalue weighted by Gasteiger charge is -2.39. The van der Waals surface area contributed by atoms with Crippen LogP contribution in [0.5, 0.6) is 23.0 Å². The van der Waals surface area contributed by atoms with Crippen LogP contribution in [0.25, 0.3) is 0 Å². The van der Waals surface area contributed by atoms with Crippen LogP contribution in [0.15, 0.2) is 36.4 Å². The first-order chi connectivity index (χ1) is 20.9. The number of hydrogen-bond donors (Lipinski definition) is 8. The molecule has 0 aromatic heterocycles. The van der Waals surface area contributed by atoms with Gasteiger partial charge in [-0.2, -0.15) is 0 Å². The van der Waals surface area contributed by atoms with Gasteiger partial charge in [-0.05, 0) is 30.3 Å². The molecule has 2 aliphatic rings. The van der Waals surface area contributed by atoms with Gasteiger partial charge in [-0.25, -0.2) is 0 Å². The molecule has 2 aliphatic heterocycles. The first kappa shape index (κ1) is 33.5. The lowest BCUT2D eigenvalue weighted by Crippen LogP contribution is -2.60. The van der Waals surface area contributed by atoms with E-state index < -0.39 is 86.2 Å². The monoisotopic (exact) mass is 626 g/mol. The Balaban J connectivity index is 1.57. The van der Waals surface area contributed by atoms with E-state index in [4.69, 9.17) is 28.4 Å². The molecule has 0 amide bonds. The van der Waals surface area contributed by atoms with Crippen molar-refractivity contribution in [2.45, 2.75) is 61.4 Å². The third-order valence-electron chi connectivity index (χ3n) is 7.20. The van der Waals surface area contributed by atoms with Crippen LogP contribution in [0.1, 0.15) is 20.7 Å². The number of aliphatic hydroxyl groups is 8. The first-order valence-corrected chi connectivity index (χ1v) is 13.3. The van der Waals surface area contributed by atoms with Crippen molar-refractivity contribution in [3.63, 3.8) is 0 Å². The summed E-state index contributed by atoms with van der Waals surface area (Å²) in [7, 11) is 2.57. The molecule has 2 aromatic carbocycles. The second kappa shape index (κ2) is 14.1. The van der Waals surface area contributed by atoms with Crippen molar-refractivity contribution < 1.29 is 78.9 Å². The molecular weight excluding hydrogens is 592 g/mol. The summed E-state index contributed by atoms with van der Waals surface area (Å²) in [4.78, 5) is 26.6. The van der Waals surface area contributed by atoms with E-state index in [0.29, 0.717) is 0 Å². The van der Waals surface area contributed by atoms with E-state index in [9.17, 15) is 50.4 Å². The fourth-order valence-electron chi connectivity index (χ4n) is 4.65. The van der Waals surface area contributed by atoms with Crippen molar-refractivity contribution in [3.05, 3.63) is 47.5 Å². The van der Waals surface area contributed by atoms with Crippen molar-refractivity contribution in [2.24, 2.45) is 0 Å². The molecule has 0 spiro atoms.